The second kappa shape index (κ2) is 7.03. The van der Waals surface area contributed by atoms with E-state index in [9.17, 15) is 13.6 Å². The number of halogens is 3. The number of carbonyl (C=O) groups excluding carboxylic acids is 1. The summed E-state index contributed by atoms with van der Waals surface area (Å²) in [4.78, 5) is 16.7. The molecule has 0 bridgehead atoms. The van der Waals surface area contributed by atoms with E-state index in [-0.39, 0.29) is 16.1 Å². The summed E-state index contributed by atoms with van der Waals surface area (Å²) in [6.07, 6.45) is 3.21. The molecule has 1 N–H and O–H groups in total. The third-order valence-corrected chi connectivity index (χ3v) is 4.02. The highest BCUT2D eigenvalue weighted by Crippen LogP contribution is 2.24. The Morgan fingerprint density at radius 3 is 2.64 bits per heavy atom. The lowest BCUT2D eigenvalue weighted by atomic mass is 10.0. The van der Waals surface area contributed by atoms with Crippen LogP contribution in [0.15, 0.2) is 54.9 Å². The molecule has 3 aromatic rings. The van der Waals surface area contributed by atoms with Gasteiger partial charge in [0.2, 0.25) is 0 Å². The number of rotatable bonds is 4. The van der Waals surface area contributed by atoms with E-state index in [4.69, 9.17) is 11.6 Å². The zero-order chi connectivity index (χ0) is 18.0. The summed E-state index contributed by atoms with van der Waals surface area (Å²) in [7, 11) is 1.72. The van der Waals surface area contributed by atoms with E-state index < -0.39 is 23.6 Å². The van der Waals surface area contributed by atoms with Crippen LogP contribution in [0.25, 0.3) is 0 Å². The average Bonchev–Trinajstić information content (AvgIpc) is 3.01. The number of imidazole rings is 1. The highest BCUT2D eigenvalue weighted by atomic mass is 35.5. The fourth-order valence-corrected chi connectivity index (χ4v) is 2.70. The third-order valence-electron chi connectivity index (χ3n) is 3.78. The second-order valence-corrected chi connectivity index (χ2v) is 5.88. The Hall–Kier alpha value is -2.73. The molecule has 2 aromatic carbocycles. The Kier molecular flexibility index (Phi) is 4.81. The van der Waals surface area contributed by atoms with Crippen LogP contribution in [0.4, 0.5) is 8.78 Å². The van der Waals surface area contributed by atoms with Gasteiger partial charge in [-0.1, -0.05) is 29.8 Å². The maximum Gasteiger partial charge on any atom is 0.255 e. The molecule has 1 atom stereocenters. The van der Waals surface area contributed by atoms with Crippen molar-refractivity contribution in [3.63, 3.8) is 0 Å². The number of aromatic nitrogens is 2. The fraction of sp³-hybridized carbons (Fsp3) is 0.111. The topological polar surface area (TPSA) is 46.9 Å². The SMILES string of the molecule is Cn1ccnc1[C@H](NC(=O)c1cc(Cl)ccc1F)c1ccccc1F. The van der Waals surface area contributed by atoms with E-state index in [0.29, 0.717) is 5.82 Å². The van der Waals surface area contributed by atoms with Gasteiger partial charge in [-0.2, -0.15) is 0 Å². The van der Waals surface area contributed by atoms with Gasteiger partial charge in [-0.15, -0.1) is 0 Å². The van der Waals surface area contributed by atoms with Crippen molar-refractivity contribution in [3.05, 3.63) is 88.5 Å². The third kappa shape index (κ3) is 3.53. The number of hydrogen-bond donors (Lipinski definition) is 1. The lowest BCUT2D eigenvalue weighted by Gasteiger charge is -2.20. The van der Waals surface area contributed by atoms with Crippen molar-refractivity contribution in [2.75, 3.05) is 0 Å². The number of nitrogens with one attached hydrogen (secondary N) is 1. The van der Waals surface area contributed by atoms with Gasteiger partial charge >= 0.3 is 0 Å². The summed E-state index contributed by atoms with van der Waals surface area (Å²) in [5.41, 5.74) is 0.00985. The van der Waals surface area contributed by atoms with Crippen LogP contribution in [-0.2, 0) is 7.05 Å². The summed E-state index contributed by atoms with van der Waals surface area (Å²) in [6, 6.07) is 8.83. The summed E-state index contributed by atoms with van der Waals surface area (Å²) < 4.78 is 29.9. The number of carbonyl (C=O) groups is 1. The largest absolute Gasteiger partial charge is 0.338 e. The van der Waals surface area contributed by atoms with E-state index in [0.717, 1.165) is 6.07 Å². The van der Waals surface area contributed by atoms with Gasteiger partial charge in [0.25, 0.3) is 5.91 Å². The van der Waals surface area contributed by atoms with Gasteiger partial charge in [0.05, 0.1) is 5.56 Å². The molecule has 128 valence electrons. The van der Waals surface area contributed by atoms with Crippen molar-refractivity contribution in [2.24, 2.45) is 7.05 Å². The highest BCUT2D eigenvalue weighted by molar-refractivity contribution is 6.31. The van der Waals surface area contributed by atoms with E-state index in [1.807, 2.05) is 0 Å². The molecule has 0 saturated heterocycles. The first kappa shape index (κ1) is 17.1. The molecule has 1 heterocycles. The summed E-state index contributed by atoms with van der Waals surface area (Å²) in [5, 5.41) is 2.87. The van der Waals surface area contributed by atoms with E-state index >= 15 is 0 Å². The van der Waals surface area contributed by atoms with Gasteiger partial charge in [-0.25, -0.2) is 13.8 Å². The smallest absolute Gasteiger partial charge is 0.255 e. The van der Waals surface area contributed by atoms with E-state index in [2.05, 4.69) is 10.3 Å². The quantitative estimate of drug-likeness (QED) is 0.766. The fourth-order valence-electron chi connectivity index (χ4n) is 2.53. The molecule has 1 aromatic heterocycles. The number of amides is 1. The van der Waals surface area contributed by atoms with Crippen molar-refractivity contribution < 1.29 is 13.6 Å². The summed E-state index contributed by atoms with van der Waals surface area (Å²) in [6.45, 7) is 0. The molecule has 3 rings (SSSR count). The van der Waals surface area contributed by atoms with Crippen LogP contribution >= 0.6 is 11.6 Å². The molecule has 7 heteroatoms. The first-order valence-electron chi connectivity index (χ1n) is 7.45. The minimum atomic E-state index is -0.882. The molecule has 0 spiro atoms. The molecule has 4 nitrogen and oxygen atoms in total. The number of nitrogens with zero attached hydrogens (tertiary/aromatic N) is 2. The van der Waals surface area contributed by atoms with Crippen LogP contribution in [0, 0.1) is 11.6 Å². The molecular weight excluding hydrogens is 348 g/mol. The molecule has 0 unspecified atom stereocenters. The maximum absolute atomic E-state index is 14.3. The molecule has 25 heavy (non-hydrogen) atoms. The van der Waals surface area contributed by atoms with Crippen LogP contribution in [0.3, 0.4) is 0 Å². The average molecular weight is 362 g/mol. The lowest BCUT2D eigenvalue weighted by Crippen LogP contribution is -2.32. The monoisotopic (exact) mass is 361 g/mol. The van der Waals surface area contributed by atoms with Crippen LogP contribution in [0.1, 0.15) is 27.8 Å². The Labute approximate surface area is 148 Å². The molecule has 1 amide bonds. The molecule has 0 aliphatic carbocycles. The molecule has 0 fully saturated rings. The molecule has 0 aliphatic heterocycles. The van der Waals surface area contributed by atoms with E-state index in [1.54, 1.807) is 36.0 Å². The standard InChI is InChI=1S/C18H14ClF2N3O/c1-24-9-8-22-17(24)16(12-4-2-3-5-14(12)20)23-18(25)13-10-11(19)6-7-15(13)21/h2-10,16H,1H3,(H,23,25)/t16-/m1/s1. The Bertz CT molecular complexity index is 926. The lowest BCUT2D eigenvalue weighted by molar-refractivity contribution is 0.0936. The Morgan fingerprint density at radius 1 is 1.20 bits per heavy atom. The van der Waals surface area contributed by atoms with E-state index in [1.165, 1.54) is 24.4 Å². The first-order chi connectivity index (χ1) is 12.0. The molecule has 0 saturated carbocycles. The zero-order valence-corrected chi connectivity index (χ0v) is 14.0. The van der Waals surface area contributed by atoms with Crippen LogP contribution in [0.2, 0.25) is 5.02 Å². The van der Waals surface area contributed by atoms with Gasteiger partial charge in [-0.3, -0.25) is 4.79 Å². The maximum atomic E-state index is 14.3. The van der Waals surface area contributed by atoms with Gasteiger partial charge in [0.1, 0.15) is 23.5 Å². The number of aryl methyl sites for hydroxylation is 1. The van der Waals surface area contributed by atoms with Crippen molar-refractivity contribution in [1.29, 1.82) is 0 Å². The predicted octanol–water partition coefficient (Wildman–Crippen LogP) is 3.87. The van der Waals surface area contributed by atoms with Gasteiger partial charge in [0.15, 0.2) is 0 Å². The molecule has 0 aliphatic rings. The van der Waals surface area contributed by atoms with Crippen molar-refractivity contribution >= 4 is 17.5 Å². The Balaban J connectivity index is 2.01. The van der Waals surface area contributed by atoms with Gasteiger partial charge in [0, 0.05) is 30.0 Å². The normalized spacial score (nSPS) is 12.0. The van der Waals surface area contributed by atoms with Crippen LogP contribution in [0.5, 0.6) is 0 Å². The molecule has 0 radical (unpaired) electrons. The van der Waals surface area contributed by atoms with Crippen LogP contribution in [-0.4, -0.2) is 15.5 Å². The number of benzene rings is 2. The zero-order valence-electron chi connectivity index (χ0n) is 13.2. The van der Waals surface area contributed by atoms with Gasteiger partial charge < -0.3 is 9.88 Å². The van der Waals surface area contributed by atoms with Crippen molar-refractivity contribution in [2.45, 2.75) is 6.04 Å². The highest BCUT2D eigenvalue weighted by Gasteiger charge is 2.25. The van der Waals surface area contributed by atoms with Crippen LogP contribution < -0.4 is 5.32 Å². The minimum absolute atomic E-state index is 0.219. The van der Waals surface area contributed by atoms with Gasteiger partial charge in [-0.05, 0) is 24.3 Å². The van der Waals surface area contributed by atoms with Crippen molar-refractivity contribution in [3.8, 4) is 0 Å². The first-order valence-corrected chi connectivity index (χ1v) is 7.82. The van der Waals surface area contributed by atoms with Crippen molar-refractivity contribution in [1.82, 2.24) is 14.9 Å². The molecular formula is C18H14ClF2N3O. The summed E-state index contributed by atoms with van der Waals surface area (Å²) in [5.74, 6) is -1.51. The minimum Gasteiger partial charge on any atom is -0.338 e. The number of hydrogen-bond acceptors (Lipinski definition) is 2. The predicted molar refractivity (Wildman–Crippen MR) is 90.3 cm³/mol. The summed E-state index contributed by atoms with van der Waals surface area (Å²) >= 11 is 5.84. The second-order valence-electron chi connectivity index (χ2n) is 5.45. The Morgan fingerprint density at radius 2 is 1.96 bits per heavy atom.